The smallest absolute Gasteiger partial charge is 0.179 e. The van der Waals surface area contributed by atoms with E-state index in [-0.39, 0.29) is 11.9 Å². The monoisotopic (exact) mass is 562 g/mol. The molecule has 0 saturated heterocycles. The second kappa shape index (κ2) is 9.91. The number of aryl methyl sites for hydroxylation is 1. The number of rotatable bonds is 4. The summed E-state index contributed by atoms with van der Waals surface area (Å²) in [6.45, 7) is 1.98. The van der Waals surface area contributed by atoms with E-state index in [0.717, 1.165) is 39.6 Å². The highest BCUT2D eigenvalue weighted by Crippen LogP contribution is 2.48. The van der Waals surface area contributed by atoms with Gasteiger partial charge in [0, 0.05) is 11.3 Å². The normalized spacial score (nSPS) is 15.3. The molecule has 202 valence electrons. The molecule has 0 radical (unpaired) electrons. The third kappa shape index (κ3) is 4.24. The number of fused-ring (bicyclic) bond motifs is 4. The summed E-state index contributed by atoms with van der Waals surface area (Å²) in [6.07, 6.45) is 0. The molecular weight excluding hydrogens is 539 g/mol. The Kier molecular flexibility index (Phi) is 6.05. The molecule has 0 fully saturated rings. The summed E-state index contributed by atoms with van der Waals surface area (Å²) < 4.78 is 21.3. The van der Waals surface area contributed by atoms with E-state index in [1.165, 1.54) is 12.1 Å². The van der Waals surface area contributed by atoms with Crippen molar-refractivity contribution >= 4 is 46.2 Å². The van der Waals surface area contributed by atoms with Crippen molar-refractivity contribution in [2.24, 2.45) is 9.98 Å². The van der Waals surface area contributed by atoms with Crippen molar-refractivity contribution in [3.63, 3.8) is 0 Å². The number of halogens is 2. The molecular formula is C32H24ClFN6O. The first kappa shape index (κ1) is 25.0. The summed E-state index contributed by atoms with van der Waals surface area (Å²) in [5, 5.41) is 8.84. The summed E-state index contributed by atoms with van der Waals surface area (Å²) in [4.78, 5) is 12.3. The molecule has 2 aliphatic heterocycles. The van der Waals surface area contributed by atoms with E-state index in [0.29, 0.717) is 28.3 Å². The highest BCUT2D eigenvalue weighted by atomic mass is 35.5. The lowest BCUT2D eigenvalue weighted by molar-refractivity contribution is 0.415. The van der Waals surface area contributed by atoms with Crippen molar-refractivity contribution in [3.05, 3.63) is 125 Å². The summed E-state index contributed by atoms with van der Waals surface area (Å²) in [6, 6.07) is 29.5. The van der Waals surface area contributed by atoms with Crippen molar-refractivity contribution in [1.82, 2.24) is 9.78 Å². The molecule has 0 unspecified atom stereocenters. The molecule has 7 rings (SSSR count). The topological polar surface area (TPSA) is 67.0 Å². The predicted molar refractivity (Wildman–Crippen MR) is 161 cm³/mol. The average molecular weight is 563 g/mol. The second-order valence-electron chi connectivity index (χ2n) is 9.75. The van der Waals surface area contributed by atoms with Crippen LogP contribution < -0.4 is 15.0 Å². The molecule has 1 atom stereocenters. The summed E-state index contributed by atoms with van der Waals surface area (Å²) in [7, 11) is 1.58. The van der Waals surface area contributed by atoms with Crippen LogP contribution in [0.5, 0.6) is 5.75 Å². The van der Waals surface area contributed by atoms with Gasteiger partial charge in [-0.25, -0.2) is 19.1 Å². The fourth-order valence-electron chi connectivity index (χ4n) is 5.39. The van der Waals surface area contributed by atoms with Gasteiger partial charge in [0.15, 0.2) is 17.5 Å². The van der Waals surface area contributed by atoms with Gasteiger partial charge in [-0.2, -0.15) is 5.10 Å². The molecule has 0 aliphatic carbocycles. The number of nitrogens with one attached hydrogen (secondary N) is 1. The fourth-order valence-corrected chi connectivity index (χ4v) is 5.65. The summed E-state index contributed by atoms with van der Waals surface area (Å²) in [5.74, 6) is 2.12. The lowest BCUT2D eigenvalue weighted by Gasteiger charge is -2.40. The molecule has 4 aromatic carbocycles. The molecule has 1 aromatic heterocycles. The van der Waals surface area contributed by atoms with Crippen LogP contribution in [-0.2, 0) is 0 Å². The molecule has 2 aliphatic rings. The van der Waals surface area contributed by atoms with E-state index in [4.69, 9.17) is 31.4 Å². The van der Waals surface area contributed by atoms with Crippen LogP contribution in [0.15, 0.2) is 107 Å². The number of para-hydroxylation sites is 3. The van der Waals surface area contributed by atoms with Crippen molar-refractivity contribution < 1.29 is 9.13 Å². The molecule has 0 amide bonds. The van der Waals surface area contributed by atoms with Crippen molar-refractivity contribution in [3.8, 4) is 11.4 Å². The van der Waals surface area contributed by atoms with E-state index in [9.17, 15) is 4.39 Å². The average Bonchev–Trinajstić information content (AvgIpc) is 3.33. The summed E-state index contributed by atoms with van der Waals surface area (Å²) >= 11 is 6.45. The number of methoxy groups -OCH3 is 1. The van der Waals surface area contributed by atoms with E-state index in [1.807, 2.05) is 84.4 Å². The number of aromatic nitrogens is 2. The maximum Gasteiger partial charge on any atom is 0.179 e. The van der Waals surface area contributed by atoms with Gasteiger partial charge in [0.25, 0.3) is 0 Å². The molecule has 7 nitrogen and oxygen atoms in total. The SMILES string of the molecule is COc1ccc(NC2=Nc3ccccc3N3C2=Nc2c(c(C)nn2-c2ccccc2)[C@@H]3c2ccc(F)cc2)cc1Cl. The van der Waals surface area contributed by atoms with Gasteiger partial charge in [-0.05, 0) is 67.1 Å². The van der Waals surface area contributed by atoms with Crippen molar-refractivity contribution in [2.45, 2.75) is 13.0 Å². The standard InChI is InChI=1S/C32H24ClFN6O/c1-19-28-29(20-12-14-21(34)15-13-20)39-26-11-7-6-10-25(26)36-30(35-22-16-17-27(41-2)24(33)18-22)32(39)37-31(28)40(38-19)23-8-4-3-5-9-23/h3-18,29H,1-2H3,(H,35,36)/t29-/m0/s1. The molecule has 3 heterocycles. The van der Waals surface area contributed by atoms with Crippen LogP contribution in [0.4, 0.5) is 27.3 Å². The van der Waals surface area contributed by atoms with Crippen LogP contribution in [0.3, 0.4) is 0 Å². The quantitative estimate of drug-likeness (QED) is 0.243. The number of hydrogen-bond acceptors (Lipinski definition) is 6. The Bertz CT molecular complexity index is 1850. The first-order valence-corrected chi connectivity index (χ1v) is 13.5. The molecule has 0 spiro atoms. The maximum atomic E-state index is 14.1. The number of anilines is 2. The van der Waals surface area contributed by atoms with Gasteiger partial charge in [0.05, 0.1) is 40.9 Å². The second-order valence-corrected chi connectivity index (χ2v) is 10.2. The van der Waals surface area contributed by atoms with Crippen molar-refractivity contribution in [1.29, 1.82) is 0 Å². The Hall–Kier alpha value is -4.95. The van der Waals surface area contributed by atoms with Gasteiger partial charge in [0.2, 0.25) is 0 Å². The number of hydrogen-bond donors (Lipinski definition) is 1. The number of aliphatic imine (C=N–C) groups is 2. The number of amidine groups is 2. The highest BCUT2D eigenvalue weighted by molar-refractivity contribution is 6.51. The zero-order valence-electron chi connectivity index (χ0n) is 22.2. The number of nitrogens with zero attached hydrogens (tertiary/aromatic N) is 5. The first-order chi connectivity index (χ1) is 20.0. The van der Waals surface area contributed by atoms with Gasteiger partial charge in [0.1, 0.15) is 11.6 Å². The Morgan fingerprint density at radius 1 is 0.902 bits per heavy atom. The molecule has 9 heteroatoms. The third-order valence-electron chi connectivity index (χ3n) is 7.24. The van der Waals surface area contributed by atoms with Gasteiger partial charge >= 0.3 is 0 Å². The van der Waals surface area contributed by atoms with Crippen LogP contribution in [0, 0.1) is 12.7 Å². The highest BCUT2D eigenvalue weighted by Gasteiger charge is 2.41. The minimum Gasteiger partial charge on any atom is -0.495 e. The molecule has 41 heavy (non-hydrogen) atoms. The van der Waals surface area contributed by atoms with Gasteiger partial charge in [-0.3, -0.25) is 0 Å². The van der Waals surface area contributed by atoms with Gasteiger partial charge in [-0.1, -0.05) is 54.1 Å². The fraction of sp³-hybridized carbons (Fsp3) is 0.0938. The molecule has 1 N–H and O–H groups in total. The lowest BCUT2D eigenvalue weighted by atomic mass is 9.93. The van der Waals surface area contributed by atoms with Crippen LogP contribution >= 0.6 is 11.6 Å². The van der Waals surface area contributed by atoms with Crippen LogP contribution in [0.1, 0.15) is 22.9 Å². The minimum absolute atomic E-state index is 0.297. The van der Waals surface area contributed by atoms with Crippen LogP contribution in [0.25, 0.3) is 5.69 Å². The zero-order chi connectivity index (χ0) is 28.1. The van der Waals surface area contributed by atoms with E-state index >= 15 is 0 Å². The van der Waals surface area contributed by atoms with E-state index in [2.05, 4.69) is 10.2 Å². The number of ether oxygens (including phenoxy) is 1. The van der Waals surface area contributed by atoms with Gasteiger partial charge < -0.3 is 15.0 Å². The molecule has 5 aromatic rings. The Labute approximate surface area is 241 Å². The minimum atomic E-state index is -0.344. The third-order valence-corrected chi connectivity index (χ3v) is 7.53. The Morgan fingerprint density at radius 2 is 1.66 bits per heavy atom. The Morgan fingerprint density at radius 3 is 2.41 bits per heavy atom. The zero-order valence-corrected chi connectivity index (χ0v) is 23.0. The number of benzene rings is 4. The van der Waals surface area contributed by atoms with Crippen LogP contribution in [0.2, 0.25) is 5.02 Å². The van der Waals surface area contributed by atoms with E-state index < -0.39 is 0 Å². The van der Waals surface area contributed by atoms with E-state index in [1.54, 1.807) is 19.2 Å². The maximum absolute atomic E-state index is 14.1. The Balaban J connectivity index is 1.47. The van der Waals surface area contributed by atoms with Crippen molar-refractivity contribution in [2.75, 3.05) is 17.3 Å². The first-order valence-electron chi connectivity index (χ1n) is 13.1. The lowest BCUT2D eigenvalue weighted by Crippen LogP contribution is -2.46. The molecule has 0 saturated carbocycles. The van der Waals surface area contributed by atoms with Gasteiger partial charge in [-0.15, -0.1) is 0 Å². The van der Waals surface area contributed by atoms with Crippen LogP contribution in [-0.4, -0.2) is 28.6 Å². The summed E-state index contributed by atoms with van der Waals surface area (Å²) in [5.41, 5.74) is 5.95. The largest absolute Gasteiger partial charge is 0.495 e. The predicted octanol–water partition coefficient (Wildman–Crippen LogP) is 7.78. The molecule has 0 bridgehead atoms.